The second-order valence-corrected chi connectivity index (χ2v) is 13.1. The predicted octanol–water partition coefficient (Wildman–Crippen LogP) is 2.54. The molecule has 10 nitrogen and oxygen atoms in total. The molecule has 2 aromatic rings. The fourth-order valence-corrected chi connectivity index (χ4v) is 5.45. The summed E-state index contributed by atoms with van der Waals surface area (Å²) < 4.78 is 51.7. The van der Waals surface area contributed by atoms with Crippen LogP contribution in [0.25, 0.3) is 0 Å². The summed E-state index contributed by atoms with van der Waals surface area (Å²) in [6, 6.07) is 13.1. The highest BCUT2D eigenvalue weighted by atomic mass is 35.5. The first-order chi connectivity index (χ1) is 16.7. The maximum Gasteiger partial charge on any atom is 0.261 e. The zero-order valence-corrected chi connectivity index (χ0v) is 24.3. The topological polar surface area (TPSA) is 167 Å². The number of piperazine rings is 1. The lowest BCUT2D eigenvalue weighted by molar-refractivity contribution is 0.0823. The Hall–Kier alpha value is -0.970. The summed E-state index contributed by atoms with van der Waals surface area (Å²) in [6.45, 7) is 5.03. The van der Waals surface area contributed by atoms with Crippen LogP contribution in [0, 0.1) is 0 Å². The minimum Gasteiger partial charge on any atom is -0.412 e. The monoisotopic (exact) mass is 618 g/mol. The van der Waals surface area contributed by atoms with Gasteiger partial charge in [0.25, 0.3) is 20.2 Å². The molecule has 2 aliphatic rings. The van der Waals surface area contributed by atoms with Crippen LogP contribution in [0.3, 0.4) is 0 Å². The Morgan fingerprint density at radius 1 is 0.919 bits per heavy atom. The van der Waals surface area contributed by atoms with E-state index in [0.717, 1.165) is 39.1 Å². The Morgan fingerprint density at radius 2 is 1.43 bits per heavy atom. The molecule has 0 aliphatic carbocycles. The summed E-state index contributed by atoms with van der Waals surface area (Å²) in [5, 5.41) is 10.4. The van der Waals surface area contributed by atoms with Crippen LogP contribution in [0.2, 0.25) is 10.0 Å². The minimum atomic E-state index is -3.67. The lowest BCUT2D eigenvalue weighted by atomic mass is 9.96. The quantitative estimate of drug-likeness (QED) is 0.435. The predicted molar refractivity (Wildman–Crippen MR) is 147 cm³/mol. The molecule has 5 N–H and O–H groups in total. The third-order valence-corrected chi connectivity index (χ3v) is 7.19. The number of aliphatic hydroxyl groups is 1. The van der Waals surface area contributed by atoms with Gasteiger partial charge in [0.15, 0.2) is 0 Å². The molecule has 37 heavy (non-hydrogen) atoms. The van der Waals surface area contributed by atoms with Gasteiger partial charge in [0.1, 0.15) is 0 Å². The molecule has 0 bridgehead atoms. The second-order valence-electron chi connectivity index (χ2n) is 8.30. The van der Waals surface area contributed by atoms with Crippen molar-refractivity contribution in [3.05, 3.63) is 57.6 Å². The molecule has 15 heteroatoms. The first kappa shape index (κ1) is 34.1. The third-order valence-electron chi connectivity index (χ3n) is 5.28. The number of aliphatic hydroxyl groups excluding tert-OH is 1. The molecule has 1 unspecified atom stereocenters. The van der Waals surface area contributed by atoms with E-state index in [4.69, 9.17) is 32.3 Å². The summed E-state index contributed by atoms with van der Waals surface area (Å²) >= 11 is 14.4. The van der Waals surface area contributed by atoms with Crippen LogP contribution >= 0.6 is 35.0 Å². The van der Waals surface area contributed by atoms with Crippen LogP contribution in [0.4, 0.5) is 0 Å². The van der Waals surface area contributed by atoms with Crippen molar-refractivity contribution in [2.24, 2.45) is 0 Å². The van der Waals surface area contributed by atoms with Gasteiger partial charge >= 0.3 is 0 Å². The standard InChI is InChI=1S/C20H22Cl2N2OS.2CH4O3S.H2O/c21-16-11-14-12-18(24-7-5-23(6-8-24)9-10-25)15-3-1-2-4-19(15)26-20(14)13-17(16)22;2*1-5(2,3)4;/h1-4,11,13,18,25H,5-10,12H2;2*1H3,(H,2,3,4);1H2. The molecule has 0 saturated carbocycles. The van der Waals surface area contributed by atoms with E-state index in [9.17, 15) is 21.9 Å². The molecular formula is C22H32Cl2N2O8S3. The molecule has 1 atom stereocenters. The molecule has 210 valence electrons. The van der Waals surface area contributed by atoms with Crippen LogP contribution < -0.4 is 0 Å². The van der Waals surface area contributed by atoms with Crippen molar-refractivity contribution in [1.82, 2.24) is 9.80 Å². The van der Waals surface area contributed by atoms with Crippen molar-refractivity contribution in [2.75, 3.05) is 51.8 Å². The SMILES string of the molecule is CS(=O)(=O)O.CS(=O)(=O)O.O.OCCN1CCN(C2Cc3cc(Cl)c(Cl)cc3Sc3ccccc32)CC1. The van der Waals surface area contributed by atoms with E-state index >= 15 is 0 Å². The number of rotatable bonds is 3. The van der Waals surface area contributed by atoms with Crippen molar-refractivity contribution in [2.45, 2.75) is 22.3 Å². The van der Waals surface area contributed by atoms with E-state index in [2.05, 4.69) is 34.1 Å². The van der Waals surface area contributed by atoms with Crippen molar-refractivity contribution < 1.29 is 36.5 Å². The van der Waals surface area contributed by atoms with Crippen LogP contribution in [-0.2, 0) is 26.7 Å². The lowest BCUT2D eigenvalue weighted by Gasteiger charge is -2.39. The maximum atomic E-state index is 9.19. The molecule has 4 rings (SSSR count). The zero-order valence-electron chi connectivity index (χ0n) is 20.3. The molecule has 1 saturated heterocycles. The Labute approximate surface area is 232 Å². The van der Waals surface area contributed by atoms with Gasteiger partial charge in [-0.2, -0.15) is 16.8 Å². The number of hydrogen-bond donors (Lipinski definition) is 3. The van der Waals surface area contributed by atoms with Gasteiger partial charge in [-0.3, -0.25) is 18.9 Å². The zero-order chi connectivity index (χ0) is 27.1. The van der Waals surface area contributed by atoms with Gasteiger partial charge in [-0.1, -0.05) is 53.2 Å². The molecular weight excluding hydrogens is 587 g/mol. The highest BCUT2D eigenvalue weighted by Crippen LogP contribution is 2.45. The summed E-state index contributed by atoms with van der Waals surface area (Å²) in [5.41, 5.74) is 2.65. The van der Waals surface area contributed by atoms with Crippen molar-refractivity contribution in [3.8, 4) is 0 Å². The number of benzene rings is 2. The number of β-amino-alcohol motifs (C(OH)–C–C–N with tert-alkyl or cyclic N) is 1. The number of halogens is 2. The van der Waals surface area contributed by atoms with E-state index in [1.165, 1.54) is 20.9 Å². The van der Waals surface area contributed by atoms with E-state index < -0.39 is 20.2 Å². The molecule has 0 aromatic heterocycles. The fourth-order valence-electron chi connectivity index (χ4n) is 3.88. The number of fused-ring (bicyclic) bond motifs is 2. The number of hydrogen-bond acceptors (Lipinski definition) is 8. The van der Waals surface area contributed by atoms with Crippen LogP contribution in [0.1, 0.15) is 17.2 Å². The van der Waals surface area contributed by atoms with Crippen molar-refractivity contribution >= 4 is 55.2 Å². The summed E-state index contributed by atoms with van der Waals surface area (Å²) in [5.74, 6) is 0. The van der Waals surface area contributed by atoms with E-state index in [0.29, 0.717) is 28.6 Å². The maximum absolute atomic E-state index is 9.19. The van der Waals surface area contributed by atoms with Gasteiger partial charge < -0.3 is 10.6 Å². The summed E-state index contributed by atoms with van der Waals surface area (Å²) in [4.78, 5) is 7.41. The van der Waals surface area contributed by atoms with Gasteiger partial charge in [0.05, 0.1) is 29.2 Å². The third kappa shape index (κ3) is 12.6. The van der Waals surface area contributed by atoms with Crippen LogP contribution in [0.15, 0.2) is 46.2 Å². The van der Waals surface area contributed by atoms with E-state index in [-0.39, 0.29) is 12.1 Å². The highest BCUT2D eigenvalue weighted by Gasteiger charge is 2.30. The molecule has 2 aromatic carbocycles. The van der Waals surface area contributed by atoms with Gasteiger partial charge in [-0.05, 0) is 35.7 Å². The first-order valence-electron chi connectivity index (χ1n) is 10.8. The van der Waals surface area contributed by atoms with Crippen molar-refractivity contribution in [3.63, 3.8) is 0 Å². The molecule has 2 aliphatic heterocycles. The minimum absolute atomic E-state index is 0. The molecule has 0 amide bonds. The second kappa shape index (κ2) is 15.0. The normalized spacial score (nSPS) is 18.0. The summed E-state index contributed by atoms with van der Waals surface area (Å²) in [6.07, 6.45) is 2.37. The molecule has 0 radical (unpaired) electrons. The Balaban J connectivity index is 0.000000534. The lowest BCUT2D eigenvalue weighted by Crippen LogP contribution is -2.48. The van der Waals surface area contributed by atoms with Gasteiger partial charge in [0, 0.05) is 48.6 Å². The molecule has 0 spiro atoms. The van der Waals surface area contributed by atoms with Gasteiger partial charge in [-0.25, -0.2) is 0 Å². The first-order valence-corrected chi connectivity index (χ1v) is 16.1. The largest absolute Gasteiger partial charge is 0.412 e. The molecule has 2 heterocycles. The Bertz CT molecular complexity index is 1190. The average molecular weight is 620 g/mol. The number of nitrogens with zero attached hydrogens (tertiary/aromatic N) is 2. The van der Waals surface area contributed by atoms with Gasteiger partial charge in [-0.15, -0.1) is 0 Å². The Morgan fingerprint density at radius 3 is 1.97 bits per heavy atom. The van der Waals surface area contributed by atoms with Gasteiger partial charge in [0.2, 0.25) is 0 Å². The average Bonchev–Trinajstić information content (AvgIpc) is 2.89. The highest BCUT2D eigenvalue weighted by molar-refractivity contribution is 7.99. The van der Waals surface area contributed by atoms with Crippen molar-refractivity contribution in [1.29, 1.82) is 0 Å². The van der Waals surface area contributed by atoms with Crippen LogP contribution in [-0.4, -0.2) is 98.2 Å². The molecule has 1 fully saturated rings. The Kier molecular flexibility index (Phi) is 13.8. The van der Waals surface area contributed by atoms with E-state index in [1.54, 1.807) is 11.8 Å². The van der Waals surface area contributed by atoms with E-state index in [1.807, 2.05) is 12.1 Å². The summed E-state index contributed by atoms with van der Waals surface area (Å²) in [7, 11) is -7.33. The fraction of sp³-hybridized carbons (Fsp3) is 0.455. The smallest absolute Gasteiger partial charge is 0.261 e. The van der Waals surface area contributed by atoms with Crippen LogP contribution in [0.5, 0.6) is 0 Å².